The minimum atomic E-state index is -0.232. The molecular weight excluding hydrogens is 874 g/mol. The van der Waals surface area contributed by atoms with E-state index in [0.29, 0.717) is 0 Å². The summed E-state index contributed by atoms with van der Waals surface area (Å²) < 4.78 is 10.5. The topological polar surface area (TPSA) is 24.6 Å². The van der Waals surface area contributed by atoms with Gasteiger partial charge in [0, 0.05) is 39.3 Å². The van der Waals surface area contributed by atoms with Crippen LogP contribution < -0.4 is 21.1 Å². The van der Waals surface area contributed by atoms with Crippen LogP contribution in [0.3, 0.4) is 0 Å². The minimum absolute atomic E-state index is 0.00256. The van der Waals surface area contributed by atoms with Gasteiger partial charge in [0.25, 0.3) is 0 Å². The molecule has 0 spiro atoms. The lowest BCUT2D eigenvalue weighted by atomic mass is 9.34. The van der Waals surface area contributed by atoms with Gasteiger partial charge >= 0.3 is 6.71 Å². The van der Waals surface area contributed by atoms with Crippen molar-refractivity contribution < 1.29 is 4.42 Å². The van der Waals surface area contributed by atoms with Crippen LogP contribution in [0.25, 0.3) is 50.2 Å². The van der Waals surface area contributed by atoms with Crippen molar-refractivity contribution in [3.05, 3.63) is 221 Å². The van der Waals surface area contributed by atoms with Crippen molar-refractivity contribution in [3.63, 3.8) is 0 Å². The fourth-order valence-electron chi connectivity index (χ4n) is 12.4. The van der Waals surface area contributed by atoms with Gasteiger partial charge in [-0.2, -0.15) is 0 Å². The van der Waals surface area contributed by atoms with Crippen molar-refractivity contribution in [2.75, 3.05) is 9.80 Å². The Labute approximate surface area is 426 Å². The first kappa shape index (κ1) is 44.4. The summed E-state index contributed by atoms with van der Waals surface area (Å²) >= 11 is 0. The van der Waals surface area contributed by atoms with Crippen LogP contribution in [0.2, 0.25) is 0 Å². The van der Waals surface area contributed by atoms with Gasteiger partial charge in [-0.05, 0) is 128 Å². The fourth-order valence-corrected chi connectivity index (χ4v) is 12.4. The zero-order chi connectivity index (χ0) is 49.4. The lowest BCUT2D eigenvalue weighted by Gasteiger charge is -2.48. The van der Waals surface area contributed by atoms with Crippen molar-refractivity contribution in [2.24, 2.45) is 0 Å². The normalized spacial score (nSPS) is 16.0. The average molecular weight is 936 g/mol. The molecule has 0 saturated carbocycles. The monoisotopic (exact) mass is 935 g/mol. The Morgan fingerprint density at radius 1 is 0.528 bits per heavy atom. The number of aromatic nitrogens is 1. The highest BCUT2D eigenvalue weighted by molar-refractivity contribution is 6.93. The number of hydrogen-bond acceptors (Lipinski definition) is 3. The van der Waals surface area contributed by atoms with Crippen LogP contribution in [0.1, 0.15) is 96.6 Å². The molecule has 0 bridgehead atoms. The number of rotatable bonds is 5. The summed E-state index contributed by atoms with van der Waals surface area (Å²) in [5.41, 5.74) is 24.6. The van der Waals surface area contributed by atoms with Crippen molar-refractivity contribution in [2.45, 2.75) is 97.4 Å². The van der Waals surface area contributed by atoms with Gasteiger partial charge in [-0.1, -0.05) is 196 Å². The quantitative estimate of drug-likeness (QED) is 0.161. The molecule has 4 heterocycles. The van der Waals surface area contributed by atoms with Gasteiger partial charge in [0.1, 0.15) is 11.4 Å². The SMILES string of the molecule is CC(C)(C)c1ccc(N2C3=C4B(c5oc(-c6ccccc6)c(-c6ccccc6)c52)c2c(c5c6c(ccc5n2-c2ccc(C(C)(C)C)cc2)-c2ccccc2C6)N(c2ccc(C(C)(C)C)cc2)[C@H]4CC=C3)cc1. The summed E-state index contributed by atoms with van der Waals surface area (Å²) in [5.74, 6) is 0.888. The standard InChI is InChI=1S/C67H62BN3O/c1-65(2,3)45-27-33-48(34-28-45)69-55-25-18-26-56-59(55)68(63-60(69)58-53-41-44-23-16-17-24-51(44)52(53)39-40-54(58)71(63)50-37-31-47(32-38-50)67(7,8)9)64-61(70(56)49-35-29-46(30-36-49)66(4,5)6)57(42-19-12-10-13-20-42)62(72-64)43-21-14-11-15-22-43/h10-24,26-40,55H,25,41H2,1-9H3/t55-/m0/s1. The Balaban J connectivity index is 1.20. The first-order valence-corrected chi connectivity index (χ1v) is 26.0. The van der Waals surface area contributed by atoms with Gasteiger partial charge in [-0.3, -0.25) is 0 Å². The predicted octanol–water partition coefficient (Wildman–Crippen LogP) is 16.1. The molecule has 72 heavy (non-hydrogen) atoms. The second kappa shape index (κ2) is 16.0. The van der Waals surface area contributed by atoms with Crippen LogP contribution in [0, 0.1) is 0 Å². The minimum Gasteiger partial charge on any atom is -0.467 e. The zero-order valence-corrected chi connectivity index (χ0v) is 43.1. The first-order valence-electron chi connectivity index (χ1n) is 26.0. The van der Waals surface area contributed by atoms with Gasteiger partial charge in [0.2, 0.25) is 0 Å². The van der Waals surface area contributed by atoms with Crippen LogP contribution in [0.5, 0.6) is 0 Å². The third kappa shape index (κ3) is 6.80. The van der Waals surface area contributed by atoms with Crippen LogP contribution in [0.4, 0.5) is 22.7 Å². The maximum Gasteiger partial charge on any atom is 0.314 e. The maximum atomic E-state index is 7.86. The van der Waals surface area contributed by atoms with Crippen molar-refractivity contribution in [1.29, 1.82) is 0 Å². The molecule has 9 aromatic rings. The zero-order valence-electron chi connectivity index (χ0n) is 43.1. The molecule has 1 atom stereocenters. The summed E-state index contributed by atoms with van der Waals surface area (Å²) in [6, 6.07) is 63.9. The highest BCUT2D eigenvalue weighted by atomic mass is 16.3. The second-order valence-electron chi connectivity index (χ2n) is 23.7. The number of hydrogen-bond donors (Lipinski definition) is 0. The summed E-state index contributed by atoms with van der Waals surface area (Å²) in [7, 11) is 0. The average Bonchev–Trinajstić information content (AvgIpc) is 4.07. The van der Waals surface area contributed by atoms with E-state index in [0.717, 1.165) is 58.0 Å². The van der Waals surface area contributed by atoms with Crippen LogP contribution in [0.15, 0.2) is 198 Å². The van der Waals surface area contributed by atoms with Gasteiger partial charge in [-0.25, -0.2) is 0 Å². The first-order chi connectivity index (χ1) is 34.6. The Hall–Kier alpha value is -7.50. The lowest BCUT2D eigenvalue weighted by Crippen LogP contribution is -2.62. The van der Waals surface area contributed by atoms with Gasteiger partial charge in [0.15, 0.2) is 0 Å². The van der Waals surface area contributed by atoms with E-state index in [9.17, 15) is 0 Å². The Morgan fingerprint density at radius 3 is 1.69 bits per heavy atom. The summed E-state index contributed by atoms with van der Waals surface area (Å²) in [4.78, 5) is 5.30. The molecule has 0 amide bonds. The number of furan rings is 1. The van der Waals surface area contributed by atoms with E-state index in [1.165, 1.54) is 78.0 Å². The Bertz CT molecular complexity index is 3660. The predicted molar refractivity (Wildman–Crippen MR) is 304 cm³/mol. The third-order valence-corrected chi connectivity index (χ3v) is 16.1. The molecule has 0 saturated heterocycles. The molecule has 4 nitrogen and oxygen atoms in total. The largest absolute Gasteiger partial charge is 0.467 e. The fraction of sp³-hybridized carbons (Fsp3) is 0.224. The molecule has 13 rings (SSSR count). The van der Waals surface area contributed by atoms with E-state index in [4.69, 9.17) is 4.42 Å². The summed E-state index contributed by atoms with van der Waals surface area (Å²) in [5, 5.41) is 1.33. The molecule has 7 aromatic carbocycles. The number of fused-ring (bicyclic) bond motifs is 10. The second-order valence-corrected chi connectivity index (χ2v) is 23.7. The van der Waals surface area contributed by atoms with Crippen molar-refractivity contribution in [1.82, 2.24) is 4.57 Å². The molecule has 0 fully saturated rings. The van der Waals surface area contributed by atoms with Crippen molar-refractivity contribution in [3.8, 4) is 39.3 Å². The van der Waals surface area contributed by atoms with Crippen LogP contribution >= 0.6 is 0 Å². The Morgan fingerprint density at radius 2 is 1.08 bits per heavy atom. The van der Waals surface area contributed by atoms with E-state index < -0.39 is 0 Å². The molecular formula is C67H62BN3O. The highest BCUT2D eigenvalue weighted by Gasteiger charge is 2.54. The third-order valence-electron chi connectivity index (χ3n) is 16.1. The van der Waals surface area contributed by atoms with E-state index >= 15 is 0 Å². The smallest absolute Gasteiger partial charge is 0.314 e. The number of allylic oxidation sites excluding steroid dienone is 1. The maximum absolute atomic E-state index is 7.86. The Kier molecular flexibility index (Phi) is 9.88. The number of benzene rings is 7. The molecule has 354 valence electrons. The molecule has 0 unspecified atom stereocenters. The highest BCUT2D eigenvalue weighted by Crippen LogP contribution is 2.55. The van der Waals surface area contributed by atoms with Crippen LogP contribution in [-0.4, -0.2) is 17.3 Å². The number of nitrogens with zero attached hydrogens (tertiary/aromatic N) is 3. The molecule has 0 N–H and O–H groups in total. The lowest BCUT2D eigenvalue weighted by molar-refractivity contribution is 0.590. The molecule has 5 heteroatoms. The van der Waals surface area contributed by atoms with E-state index in [2.05, 4.69) is 259 Å². The van der Waals surface area contributed by atoms with Gasteiger partial charge in [0.05, 0.1) is 28.5 Å². The summed E-state index contributed by atoms with van der Waals surface area (Å²) in [6.07, 6.45) is 6.59. The van der Waals surface area contributed by atoms with E-state index in [-0.39, 0.29) is 29.0 Å². The number of anilines is 4. The molecule has 2 aromatic heterocycles. The van der Waals surface area contributed by atoms with Gasteiger partial charge in [-0.15, -0.1) is 0 Å². The molecule has 2 aliphatic carbocycles. The van der Waals surface area contributed by atoms with E-state index in [1.54, 1.807) is 0 Å². The molecule has 4 aliphatic rings. The van der Waals surface area contributed by atoms with Gasteiger partial charge < -0.3 is 18.8 Å². The van der Waals surface area contributed by atoms with Crippen molar-refractivity contribution >= 4 is 51.6 Å². The molecule has 0 radical (unpaired) electrons. The summed E-state index contributed by atoms with van der Waals surface area (Å²) in [6.45, 7) is 20.5. The van der Waals surface area contributed by atoms with E-state index in [1.807, 2.05) is 0 Å². The molecule has 2 aliphatic heterocycles. The van der Waals surface area contributed by atoms with Crippen LogP contribution in [-0.2, 0) is 22.7 Å².